The third-order valence-electron chi connectivity index (χ3n) is 5.18. The lowest BCUT2D eigenvalue weighted by Crippen LogP contribution is -2.35. The smallest absolute Gasteiger partial charge is 0.289 e. The van der Waals surface area contributed by atoms with Crippen molar-refractivity contribution in [3.63, 3.8) is 0 Å². The van der Waals surface area contributed by atoms with E-state index in [-0.39, 0.29) is 5.91 Å². The van der Waals surface area contributed by atoms with Crippen LogP contribution in [0.2, 0.25) is 0 Å². The van der Waals surface area contributed by atoms with Crippen molar-refractivity contribution in [3.8, 4) is 11.5 Å². The van der Waals surface area contributed by atoms with E-state index in [2.05, 4.69) is 9.97 Å². The minimum atomic E-state index is -0.112. The Balaban J connectivity index is 1.43. The number of carbonyl (C=O) groups excluding carboxylic acids is 1. The van der Waals surface area contributed by atoms with Crippen molar-refractivity contribution >= 4 is 17.7 Å². The number of rotatable bonds is 6. The summed E-state index contributed by atoms with van der Waals surface area (Å²) in [6.07, 6.45) is 0.759. The number of hydrogen-bond donors (Lipinski definition) is 0. The number of aromatic nitrogens is 2. The maximum atomic E-state index is 13.0. The lowest BCUT2D eigenvalue weighted by Gasteiger charge is -2.29. The van der Waals surface area contributed by atoms with Crippen molar-refractivity contribution in [2.24, 2.45) is 0 Å². The monoisotopic (exact) mass is 439 g/mol. The van der Waals surface area contributed by atoms with Gasteiger partial charge in [-0.05, 0) is 61.7 Å². The summed E-state index contributed by atoms with van der Waals surface area (Å²) in [6, 6.07) is 9.46. The third kappa shape index (κ3) is 4.69. The van der Waals surface area contributed by atoms with E-state index < -0.39 is 0 Å². The van der Waals surface area contributed by atoms with Gasteiger partial charge in [-0.3, -0.25) is 4.79 Å². The Hall–Kier alpha value is -3.00. The highest BCUT2D eigenvalue weighted by Gasteiger charge is 2.25. The van der Waals surface area contributed by atoms with Crippen LogP contribution in [0.5, 0.6) is 11.5 Å². The Bertz CT molecular complexity index is 1090. The number of fused-ring (bicyclic) bond motifs is 1. The van der Waals surface area contributed by atoms with Crippen LogP contribution in [0.4, 0.5) is 0 Å². The molecular formula is C23H25N3O4S. The van der Waals surface area contributed by atoms with Crippen LogP contribution in [0.1, 0.15) is 38.8 Å². The van der Waals surface area contributed by atoms with E-state index in [0.717, 1.165) is 29.1 Å². The predicted molar refractivity (Wildman–Crippen MR) is 118 cm³/mol. The minimum Gasteiger partial charge on any atom is -0.493 e. The largest absolute Gasteiger partial charge is 0.493 e. The van der Waals surface area contributed by atoms with Gasteiger partial charge in [-0.15, -0.1) is 0 Å². The number of thioether (sulfide) groups is 1. The Labute approximate surface area is 185 Å². The number of carbonyl (C=O) groups is 1. The predicted octanol–water partition coefficient (Wildman–Crippen LogP) is 4.19. The number of furan rings is 1. The van der Waals surface area contributed by atoms with Crippen molar-refractivity contribution in [2.45, 2.75) is 37.7 Å². The molecule has 3 heterocycles. The standard InChI is InChI=1S/C23H25N3O4S/c1-14-9-15(2)25-23(24-14)31-13-18-5-6-19(30-18)22(27)26-8-7-16-10-20(28-3)21(29-4)11-17(16)12-26/h5-6,9-11H,7-8,12-13H2,1-4H3. The normalized spacial score (nSPS) is 13.1. The summed E-state index contributed by atoms with van der Waals surface area (Å²) in [5.41, 5.74) is 4.10. The van der Waals surface area contributed by atoms with Gasteiger partial charge in [0, 0.05) is 24.5 Å². The molecule has 1 amide bonds. The molecular weight excluding hydrogens is 414 g/mol. The Kier molecular flexibility index (Phi) is 6.18. The van der Waals surface area contributed by atoms with Gasteiger partial charge in [0.05, 0.1) is 20.0 Å². The molecule has 0 fully saturated rings. The lowest BCUT2D eigenvalue weighted by molar-refractivity contribution is 0.0700. The van der Waals surface area contributed by atoms with Gasteiger partial charge in [-0.25, -0.2) is 9.97 Å². The second kappa shape index (κ2) is 9.01. The summed E-state index contributed by atoms with van der Waals surface area (Å²) < 4.78 is 16.6. The van der Waals surface area contributed by atoms with Gasteiger partial charge in [0.2, 0.25) is 0 Å². The Morgan fingerprint density at radius 3 is 2.42 bits per heavy atom. The molecule has 1 aliphatic rings. The molecule has 0 saturated heterocycles. The number of aryl methyl sites for hydroxylation is 2. The fourth-order valence-electron chi connectivity index (χ4n) is 3.68. The number of benzene rings is 1. The molecule has 162 valence electrons. The average Bonchev–Trinajstić information content (AvgIpc) is 3.24. The number of nitrogens with zero attached hydrogens (tertiary/aromatic N) is 3. The van der Waals surface area contributed by atoms with Crippen molar-refractivity contribution < 1.29 is 18.7 Å². The van der Waals surface area contributed by atoms with E-state index in [0.29, 0.717) is 41.3 Å². The molecule has 0 unspecified atom stereocenters. The van der Waals surface area contributed by atoms with Crippen molar-refractivity contribution in [1.29, 1.82) is 0 Å². The van der Waals surface area contributed by atoms with E-state index in [1.807, 2.05) is 38.1 Å². The summed E-state index contributed by atoms with van der Waals surface area (Å²) in [7, 11) is 3.24. The highest BCUT2D eigenvalue weighted by Crippen LogP contribution is 2.33. The second-order valence-electron chi connectivity index (χ2n) is 7.44. The highest BCUT2D eigenvalue weighted by atomic mass is 32.2. The summed E-state index contributed by atoms with van der Waals surface area (Å²) in [6.45, 7) is 5.04. The molecule has 0 bridgehead atoms. The molecule has 4 rings (SSSR count). The first-order chi connectivity index (χ1) is 15.0. The van der Waals surface area contributed by atoms with E-state index in [1.54, 1.807) is 25.2 Å². The fourth-order valence-corrected chi connectivity index (χ4v) is 4.52. The van der Waals surface area contributed by atoms with Gasteiger partial charge in [0.15, 0.2) is 22.4 Å². The fraction of sp³-hybridized carbons (Fsp3) is 0.348. The van der Waals surface area contributed by atoms with E-state index in [4.69, 9.17) is 13.9 Å². The number of hydrogen-bond acceptors (Lipinski definition) is 7. The molecule has 3 aromatic rings. The SMILES string of the molecule is COc1cc2c(cc1OC)CN(C(=O)c1ccc(CSc3nc(C)cc(C)n3)o1)CC2. The first kappa shape index (κ1) is 21.2. The molecule has 7 nitrogen and oxygen atoms in total. The zero-order valence-electron chi connectivity index (χ0n) is 18.1. The second-order valence-corrected chi connectivity index (χ2v) is 8.38. The minimum absolute atomic E-state index is 0.112. The summed E-state index contributed by atoms with van der Waals surface area (Å²) >= 11 is 1.49. The number of methoxy groups -OCH3 is 2. The van der Waals surface area contributed by atoms with Gasteiger partial charge in [-0.1, -0.05) is 11.8 Å². The molecule has 1 aliphatic heterocycles. The molecule has 0 radical (unpaired) electrons. The van der Waals surface area contributed by atoms with Gasteiger partial charge in [0.1, 0.15) is 5.76 Å². The van der Waals surface area contributed by atoms with Crippen LogP contribution in [0.15, 0.2) is 39.9 Å². The van der Waals surface area contributed by atoms with Crippen LogP contribution in [0.3, 0.4) is 0 Å². The lowest BCUT2D eigenvalue weighted by atomic mass is 9.98. The summed E-state index contributed by atoms with van der Waals surface area (Å²) in [5, 5.41) is 0.707. The van der Waals surface area contributed by atoms with Gasteiger partial charge in [-0.2, -0.15) is 0 Å². The van der Waals surface area contributed by atoms with E-state index in [1.165, 1.54) is 17.3 Å². The number of ether oxygens (including phenoxy) is 2. The molecule has 8 heteroatoms. The Morgan fingerprint density at radius 2 is 1.74 bits per heavy atom. The van der Waals surface area contributed by atoms with E-state index >= 15 is 0 Å². The van der Waals surface area contributed by atoms with Gasteiger partial charge in [0.25, 0.3) is 5.91 Å². The summed E-state index contributed by atoms with van der Waals surface area (Å²) in [5.74, 6) is 2.90. The molecule has 0 N–H and O–H groups in total. The molecule has 31 heavy (non-hydrogen) atoms. The molecule has 0 aliphatic carbocycles. The zero-order valence-corrected chi connectivity index (χ0v) is 18.9. The van der Waals surface area contributed by atoms with E-state index in [9.17, 15) is 4.79 Å². The molecule has 0 atom stereocenters. The molecule has 2 aromatic heterocycles. The van der Waals surface area contributed by atoms with Crippen LogP contribution in [-0.2, 0) is 18.7 Å². The first-order valence-electron chi connectivity index (χ1n) is 10.0. The number of amides is 1. The van der Waals surface area contributed by atoms with Gasteiger partial charge < -0.3 is 18.8 Å². The Morgan fingerprint density at radius 1 is 1.06 bits per heavy atom. The van der Waals surface area contributed by atoms with Crippen LogP contribution < -0.4 is 9.47 Å². The maximum absolute atomic E-state index is 13.0. The van der Waals surface area contributed by atoms with Crippen molar-refractivity contribution in [1.82, 2.24) is 14.9 Å². The van der Waals surface area contributed by atoms with Crippen LogP contribution >= 0.6 is 11.8 Å². The molecule has 0 spiro atoms. The van der Waals surface area contributed by atoms with Gasteiger partial charge >= 0.3 is 0 Å². The molecule has 0 saturated carbocycles. The summed E-state index contributed by atoms with van der Waals surface area (Å²) in [4.78, 5) is 23.7. The quantitative estimate of drug-likeness (QED) is 0.421. The van der Waals surface area contributed by atoms with Crippen molar-refractivity contribution in [3.05, 3.63) is 64.4 Å². The first-order valence-corrected chi connectivity index (χ1v) is 11.0. The maximum Gasteiger partial charge on any atom is 0.289 e. The average molecular weight is 440 g/mol. The van der Waals surface area contributed by atoms with Crippen LogP contribution in [0, 0.1) is 13.8 Å². The third-order valence-corrected chi connectivity index (χ3v) is 6.05. The topological polar surface area (TPSA) is 77.7 Å². The van der Waals surface area contributed by atoms with Crippen LogP contribution in [0.25, 0.3) is 0 Å². The van der Waals surface area contributed by atoms with Crippen molar-refractivity contribution in [2.75, 3.05) is 20.8 Å². The van der Waals surface area contributed by atoms with Crippen LogP contribution in [-0.4, -0.2) is 41.5 Å². The molecule has 1 aromatic carbocycles. The zero-order chi connectivity index (χ0) is 22.0. The highest BCUT2D eigenvalue weighted by molar-refractivity contribution is 7.98.